The highest BCUT2D eigenvalue weighted by Gasteiger charge is 2.39. The Bertz CT molecular complexity index is 1560. The van der Waals surface area contributed by atoms with E-state index in [-0.39, 0.29) is 35.7 Å². The maximum absolute atomic E-state index is 13.5. The number of non-ortho nitro benzene ring substituents is 1. The molecule has 0 spiro atoms. The monoisotopic (exact) mass is 573 g/mol. The normalized spacial score (nSPS) is 17.1. The van der Waals surface area contributed by atoms with Crippen LogP contribution in [-0.4, -0.2) is 60.2 Å². The maximum Gasteiger partial charge on any atom is 0.316 e. The van der Waals surface area contributed by atoms with Crippen molar-refractivity contribution in [1.82, 2.24) is 14.1 Å². The zero-order valence-corrected chi connectivity index (χ0v) is 22.9. The second kappa shape index (κ2) is 10.6. The van der Waals surface area contributed by atoms with Crippen LogP contribution in [0.25, 0.3) is 5.69 Å². The second-order valence-electron chi connectivity index (χ2n) is 10.2. The molecule has 2 aliphatic rings. The minimum atomic E-state index is -3.71. The van der Waals surface area contributed by atoms with Crippen molar-refractivity contribution >= 4 is 33.0 Å². The first-order valence-electron chi connectivity index (χ1n) is 12.5. The summed E-state index contributed by atoms with van der Waals surface area (Å²) in [4.78, 5) is 25.9. The highest BCUT2D eigenvalue weighted by molar-refractivity contribution is 7.88. The van der Waals surface area contributed by atoms with E-state index in [4.69, 9.17) is 16.3 Å². The molecular formula is C26H28ClN5O6S. The molecule has 5 rings (SSSR count). The molecule has 206 valence electrons. The zero-order valence-electron chi connectivity index (χ0n) is 21.3. The van der Waals surface area contributed by atoms with Crippen molar-refractivity contribution in [3.8, 4) is 11.4 Å². The second-order valence-corrected chi connectivity index (χ2v) is 12.6. The summed E-state index contributed by atoms with van der Waals surface area (Å²) in [6, 6.07) is 12.5. The summed E-state index contributed by atoms with van der Waals surface area (Å²) in [6.45, 7) is 3.52. The lowest BCUT2D eigenvalue weighted by Gasteiger charge is -2.35. The van der Waals surface area contributed by atoms with Crippen molar-refractivity contribution in [3.63, 3.8) is 0 Å². The first kappa shape index (κ1) is 27.1. The maximum atomic E-state index is 13.5. The number of sulfonamides is 1. The van der Waals surface area contributed by atoms with Crippen LogP contribution < -0.4 is 15.2 Å². The molecule has 11 nitrogen and oxygen atoms in total. The Morgan fingerprint density at radius 3 is 2.49 bits per heavy atom. The molecule has 1 saturated carbocycles. The third kappa shape index (κ3) is 6.07. The van der Waals surface area contributed by atoms with Crippen molar-refractivity contribution < 1.29 is 18.1 Å². The van der Waals surface area contributed by atoms with Crippen LogP contribution in [0.15, 0.2) is 59.5 Å². The molecule has 2 fully saturated rings. The Morgan fingerprint density at radius 2 is 1.82 bits per heavy atom. The van der Waals surface area contributed by atoms with Gasteiger partial charge in [0, 0.05) is 48.7 Å². The Kier molecular flexibility index (Phi) is 7.36. The lowest BCUT2D eigenvalue weighted by Crippen LogP contribution is -2.49. The van der Waals surface area contributed by atoms with E-state index in [1.165, 1.54) is 27.2 Å². The first-order chi connectivity index (χ1) is 18.5. The highest BCUT2D eigenvalue weighted by atomic mass is 35.5. The lowest BCUT2D eigenvalue weighted by atomic mass is 10.2. The van der Waals surface area contributed by atoms with E-state index in [2.05, 4.69) is 12.0 Å². The predicted molar refractivity (Wildman–Crippen MR) is 147 cm³/mol. The van der Waals surface area contributed by atoms with Gasteiger partial charge in [-0.3, -0.25) is 14.9 Å². The van der Waals surface area contributed by atoms with Crippen LogP contribution in [-0.2, 0) is 15.8 Å². The number of hydrogen-bond donors (Lipinski definition) is 0. The van der Waals surface area contributed by atoms with Crippen LogP contribution in [0.3, 0.4) is 0 Å². The quantitative estimate of drug-likeness (QED) is 0.280. The van der Waals surface area contributed by atoms with Crippen molar-refractivity contribution in [3.05, 3.63) is 85.8 Å². The summed E-state index contributed by atoms with van der Waals surface area (Å²) in [5.41, 5.74) is 0.842. The van der Waals surface area contributed by atoms with Crippen molar-refractivity contribution in [2.75, 3.05) is 37.7 Å². The molecule has 1 saturated heterocycles. The Hall–Kier alpha value is -3.48. The summed E-state index contributed by atoms with van der Waals surface area (Å²) in [5.74, 6) is -0.162. The Labute approximate surface area is 230 Å². The number of nitrogens with zero attached hydrogens (tertiary/aromatic N) is 5. The van der Waals surface area contributed by atoms with Gasteiger partial charge in [0.25, 0.3) is 5.69 Å². The third-order valence-corrected chi connectivity index (χ3v) is 9.16. The summed E-state index contributed by atoms with van der Waals surface area (Å²) in [5, 5.41) is 15.9. The topological polar surface area (TPSA) is 128 Å². The molecule has 0 N–H and O–H groups in total. The van der Waals surface area contributed by atoms with Crippen molar-refractivity contribution in [1.29, 1.82) is 0 Å². The van der Waals surface area contributed by atoms with Crippen molar-refractivity contribution in [2.45, 2.75) is 25.5 Å². The summed E-state index contributed by atoms with van der Waals surface area (Å²) >= 11 is 6.13. The number of ether oxygens (including phenoxy) is 1. The van der Waals surface area contributed by atoms with Gasteiger partial charge in [-0.05, 0) is 36.6 Å². The van der Waals surface area contributed by atoms with Crippen LogP contribution in [0.5, 0.6) is 5.75 Å². The number of rotatable bonds is 9. The van der Waals surface area contributed by atoms with Gasteiger partial charge in [-0.25, -0.2) is 8.42 Å². The van der Waals surface area contributed by atoms with E-state index in [1.807, 2.05) is 4.90 Å². The molecule has 0 bridgehead atoms. The molecule has 2 heterocycles. The van der Waals surface area contributed by atoms with E-state index in [0.717, 1.165) is 12.8 Å². The van der Waals surface area contributed by atoms with Gasteiger partial charge in [0.1, 0.15) is 5.69 Å². The van der Waals surface area contributed by atoms with Gasteiger partial charge in [-0.2, -0.15) is 14.1 Å². The van der Waals surface area contributed by atoms with Gasteiger partial charge < -0.3 is 9.64 Å². The van der Waals surface area contributed by atoms with E-state index in [1.54, 1.807) is 36.5 Å². The zero-order chi connectivity index (χ0) is 27.8. The van der Waals surface area contributed by atoms with Gasteiger partial charge in [0.15, 0.2) is 0 Å². The van der Waals surface area contributed by atoms with Gasteiger partial charge >= 0.3 is 5.56 Å². The molecule has 1 aliphatic heterocycles. The van der Waals surface area contributed by atoms with Crippen LogP contribution in [0.4, 0.5) is 11.4 Å². The average Bonchev–Trinajstić information content (AvgIpc) is 3.65. The van der Waals surface area contributed by atoms with Gasteiger partial charge in [-0.1, -0.05) is 36.7 Å². The van der Waals surface area contributed by atoms with E-state index < -0.39 is 20.5 Å². The van der Waals surface area contributed by atoms with Crippen LogP contribution >= 0.6 is 11.6 Å². The molecule has 3 aromatic rings. The van der Waals surface area contributed by atoms with Crippen molar-refractivity contribution in [2.24, 2.45) is 5.41 Å². The summed E-state index contributed by atoms with van der Waals surface area (Å²) in [6.07, 6.45) is 3.62. The molecule has 2 aromatic carbocycles. The minimum Gasteiger partial charge on any atom is -0.486 e. The molecule has 0 amide bonds. The fourth-order valence-corrected chi connectivity index (χ4v) is 6.14. The van der Waals surface area contributed by atoms with E-state index in [0.29, 0.717) is 41.7 Å². The Morgan fingerprint density at radius 1 is 1.10 bits per heavy atom. The number of nitro benzene ring substituents is 1. The summed E-state index contributed by atoms with van der Waals surface area (Å²) in [7, 11) is -3.71. The molecule has 13 heteroatoms. The number of piperazine rings is 1. The fraction of sp³-hybridized carbons (Fsp3) is 0.385. The average molecular weight is 574 g/mol. The SMILES string of the molecule is CC1(COc2c(N3CCN(S(=O)(=O)Cc4cccc([N+](=O)[O-])c4)CC3)cnn(-c3cccc(Cl)c3)c2=O)CC1. The molecule has 1 aromatic heterocycles. The minimum absolute atomic E-state index is 0.0349. The standard InChI is InChI=1S/C26H28ClN5O6S/c1-26(8-9-26)18-38-24-23(16-28-31(25(24)33)21-6-3-5-20(27)15-21)29-10-12-30(13-11-29)39(36,37)17-19-4-2-7-22(14-19)32(34)35/h2-7,14-16H,8-13,17-18H2,1H3. The van der Waals surface area contributed by atoms with E-state index >= 15 is 0 Å². The Balaban J connectivity index is 1.35. The number of hydrogen-bond acceptors (Lipinski definition) is 8. The highest BCUT2D eigenvalue weighted by Crippen LogP contribution is 2.45. The predicted octanol–water partition coefficient (Wildman–Crippen LogP) is 3.63. The molecule has 0 unspecified atom stereocenters. The van der Waals surface area contributed by atoms with Crippen LogP contribution in [0.1, 0.15) is 25.3 Å². The van der Waals surface area contributed by atoms with Gasteiger partial charge in [0.2, 0.25) is 15.8 Å². The molecular weight excluding hydrogens is 546 g/mol. The largest absolute Gasteiger partial charge is 0.486 e. The molecule has 0 radical (unpaired) electrons. The number of anilines is 1. The smallest absolute Gasteiger partial charge is 0.316 e. The number of nitro groups is 1. The summed E-state index contributed by atoms with van der Waals surface area (Å²) < 4.78 is 34.9. The molecule has 0 atom stereocenters. The third-order valence-electron chi connectivity index (χ3n) is 7.08. The van der Waals surface area contributed by atoms with Gasteiger partial charge in [0.05, 0.1) is 29.2 Å². The molecule has 1 aliphatic carbocycles. The number of aromatic nitrogens is 2. The van der Waals surface area contributed by atoms with Crippen LogP contribution in [0.2, 0.25) is 5.02 Å². The number of benzene rings is 2. The first-order valence-corrected chi connectivity index (χ1v) is 14.5. The lowest BCUT2D eigenvalue weighted by molar-refractivity contribution is -0.384. The van der Waals surface area contributed by atoms with E-state index in [9.17, 15) is 23.3 Å². The number of halogens is 1. The van der Waals surface area contributed by atoms with Gasteiger partial charge in [-0.15, -0.1) is 0 Å². The fourth-order valence-electron chi connectivity index (χ4n) is 4.45. The van der Waals surface area contributed by atoms with Crippen LogP contribution in [0, 0.1) is 15.5 Å². The molecule has 39 heavy (non-hydrogen) atoms.